The Morgan fingerprint density at radius 3 is 1.94 bits per heavy atom. The zero-order valence-corrected chi connectivity index (χ0v) is 32.4. The van der Waals surface area contributed by atoms with E-state index in [1.807, 2.05) is 0 Å². The second-order valence-corrected chi connectivity index (χ2v) is 19.5. The summed E-state index contributed by atoms with van der Waals surface area (Å²) in [6.45, 7) is 24.2. The SMILES string of the molecule is C=C(C)C1CCC2(C)C(O)CC3(C)C(CCC4C5(C)CCC(OC(=O)CCCCCCCCCCCCC)C(C)(C)C5CCC43C)C12. The Kier molecular flexibility index (Phi) is 11.5. The van der Waals surface area contributed by atoms with E-state index in [0.717, 1.165) is 38.5 Å². The van der Waals surface area contributed by atoms with Crippen LogP contribution in [0, 0.1) is 56.7 Å². The normalized spacial score (nSPS) is 43.7. The second-order valence-electron chi connectivity index (χ2n) is 19.5. The van der Waals surface area contributed by atoms with Crippen LogP contribution in [0.5, 0.6) is 0 Å². The van der Waals surface area contributed by atoms with Crippen LogP contribution in [0.2, 0.25) is 0 Å². The summed E-state index contributed by atoms with van der Waals surface area (Å²) in [4.78, 5) is 13.1. The maximum atomic E-state index is 13.1. The van der Waals surface area contributed by atoms with Gasteiger partial charge in [-0.25, -0.2) is 0 Å². The van der Waals surface area contributed by atoms with Crippen LogP contribution in [0.25, 0.3) is 0 Å². The van der Waals surface area contributed by atoms with Crippen molar-refractivity contribution in [2.24, 2.45) is 56.7 Å². The minimum absolute atomic E-state index is 0.0139. The lowest BCUT2D eigenvalue weighted by Crippen LogP contribution is -2.68. The van der Waals surface area contributed by atoms with Gasteiger partial charge in [0.05, 0.1) is 6.10 Å². The van der Waals surface area contributed by atoms with Gasteiger partial charge in [0, 0.05) is 11.8 Å². The Balaban J connectivity index is 1.18. The molecule has 3 nitrogen and oxygen atoms in total. The summed E-state index contributed by atoms with van der Waals surface area (Å²) in [6.07, 6.45) is 25.3. The minimum Gasteiger partial charge on any atom is -0.462 e. The monoisotopic (exact) mass is 653 g/mol. The molecule has 0 bridgehead atoms. The molecule has 270 valence electrons. The van der Waals surface area contributed by atoms with E-state index in [9.17, 15) is 9.90 Å². The maximum absolute atomic E-state index is 13.1. The number of ether oxygens (including phenoxy) is 1. The van der Waals surface area contributed by atoms with Gasteiger partial charge in [0.15, 0.2) is 0 Å². The lowest BCUT2D eigenvalue weighted by atomic mass is 9.32. The van der Waals surface area contributed by atoms with Crippen molar-refractivity contribution in [1.82, 2.24) is 0 Å². The molecule has 5 rings (SSSR count). The number of hydrogen-bond acceptors (Lipinski definition) is 3. The van der Waals surface area contributed by atoms with Crippen LogP contribution >= 0.6 is 0 Å². The largest absolute Gasteiger partial charge is 0.462 e. The van der Waals surface area contributed by atoms with Crippen molar-refractivity contribution in [2.75, 3.05) is 0 Å². The molecule has 0 spiro atoms. The molecule has 47 heavy (non-hydrogen) atoms. The third-order valence-electron chi connectivity index (χ3n) is 16.8. The Morgan fingerprint density at radius 2 is 1.32 bits per heavy atom. The van der Waals surface area contributed by atoms with E-state index in [4.69, 9.17) is 4.74 Å². The van der Waals surface area contributed by atoms with Crippen LogP contribution in [0.15, 0.2) is 12.2 Å². The summed E-state index contributed by atoms with van der Waals surface area (Å²) in [5.74, 6) is 3.05. The van der Waals surface area contributed by atoms with Gasteiger partial charge in [-0.2, -0.15) is 0 Å². The first kappa shape index (κ1) is 37.4. The van der Waals surface area contributed by atoms with Gasteiger partial charge in [0.2, 0.25) is 0 Å². The zero-order chi connectivity index (χ0) is 34.3. The van der Waals surface area contributed by atoms with E-state index in [1.165, 1.54) is 95.5 Å². The van der Waals surface area contributed by atoms with Crippen molar-refractivity contribution in [2.45, 2.75) is 202 Å². The number of fused-ring (bicyclic) bond motifs is 7. The van der Waals surface area contributed by atoms with E-state index >= 15 is 0 Å². The van der Waals surface area contributed by atoms with Crippen LogP contribution in [-0.2, 0) is 9.53 Å². The highest BCUT2D eigenvalue weighted by atomic mass is 16.5. The van der Waals surface area contributed by atoms with E-state index < -0.39 is 0 Å². The number of carbonyl (C=O) groups is 1. The summed E-state index contributed by atoms with van der Waals surface area (Å²) in [5, 5.41) is 11.9. The van der Waals surface area contributed by atoms with Crippen LogP contribution < -0.4 is 0 Å². The van der Waals surface area contributed by atoms with Gasteiger partial charge >= 0.3 is 5.97 Å². The fraction of sp³-hybridized carbons (Fsp3) is 0.932. The summed E-state index contributed by atoms with van der Waals surface area (Å²) in [7, 11) is 0. The van der Waals surface area contributed by atoms with E-state index in [0.29, 0.717) is 36.0 Å². The van der Waals surface area contributed by atoms with Crippen molar-refractivity contribution < 1.29 is 14.6 Å². The van der Waals surface area contributed by atoms with Gasteiger partial charge in [0.25, 0.3) is 0 Å². The first-order valence-electron chi connectivity index (χ1n) is 20.7. The van der Waals surface area contributed by atoms with Crippen molar-refractivity contribution >= 4 is 5.97 Å². The Labute approximate surface area is 291 Å². The fourth-order valence-corrected chi connectivity index (χ4v) is 13.9. The van der Waals surface area contributed by atoms with Gasteiger partial charge in [0.1, 0.15) is 6.10 Å². The highest BCUT2D eigenvalue weighted by molar-refractivity contribution is 5.69. The summed E-state index contributed by atoms with van der Waals surface area (Å²) >= 11 is 0. The highest BCUT2D eigenvalue weighted by Crippen LogP contribution is 2.77. The maximum Gasteiger partial charge on any atom is 0.306 e. The van der Waals surface area contributed by atoms with Gasteiger partial charge < -0.3 is 9.84 Å². The number of rotatable bonds is 14. The van der Waals surface area contributed by atoms with Gasteiger partial charge in [-0.3, -0.25) is 4.79 Å². The van der Waals surface area contributed by atoms with E-state index in [1.54, 1.807) is 0 Å². The molecule has 11 atom stereocenters. The molecule has 0 aromatic carbocycles. The summed E-state index contributed by atoms with van der Waals surface area (Å²) < 4.78 is 6.39. The number of hydrogen-bond donors (Lipinski definition) is 1. The standard InChI is InChI=1S/C44H76O3/c1-10-11-12-13-14-15-16-17-18-19-20-21-38(46)47-37-26-28-41(6)34(40(37,4)5)25-29-43(8)35(41)23-22-33-39-32(31(2)3)24-27-42(39,7)36(45)30-44(33,43)9/h32-37,39,45H,2,10-30H2,1,3-9H3. The third-order valence-corrected chi connectivity index (χ3v) is 16.8. The number of aliphatic hydroxyl groups excluding tert-OH is 1. The predicted molar refractivity (Wildman–Crippen MR) is 197 cm³/mol. The molecule has 0 saturated heterocycles. The number of carbonyl (C=O) groups excluding carboxylic acids is 1. The Morgan fingerprint density at radius 1 is 0.723 bits per heavy atom. The Hall–Kier alpha value is -0.830. The smallest absolute Gasteiger partial charge is 0.306 e. The van der Waals surface area contributed by atoms with E-state index in [2.05, 4.69) is 62.0 Å². The molecule has 11 unspecified atom stereocenters. The first-order valence-corrected chi connectivity index (χ1v) is 20.7. The minimum atomic E-state index is -0.217. The van der Waals surface area contributed by atoms with E-state index in [-0.39, 0.29) is 45.3 Å². The van der Waals surface area contributed by atoms with Crippen molar-refractivity contribution in [3.8, 4) is 0 Å². The molecule has 5 aliphatic rings. The number of allylic oxidation sites excluding steroid dienone is 1. The lowest BCUT2D eigenvalue weighted by Gasteiger charge is -2.73. The average molecular weight is 653 g/mol. The topological polar surface area (TPSA) is 46.5 Å². The lowest BCUT2D eigenvalue weighted by molar-refractivity contribution is -0.262. The molecule has 0 aromatic rings. The van der Waals surface area contributed by atoms with Crippen LogP contribution in [-0.4, -0.2) is 23.3 Å². The van der Waals surface area contributed by atoms with Crippen LogP contribution in [0.3, 0.4) is 0 Å². The molecular weight excluding hydrogens is 576 g/mol. The second kappa shape index (κ2) is 14.4. The quantitative estimate of drug-likeness (QED) is 0.115. The predicted octanol–water partition coefficient (Wildman–Crippen LogP) is 12.2. The van der Waals surface area contributed by atoms with Crippen molar-refractivity contribution in [3.05, 3.63) is 12.2 Å². The molecule has 5 fully saturated rings. The van der Waals surface area contributed by atoms with Crippen molar-refractivity contribution in [1.29, 1.82) is 0 Å². The molecule has 0 aliphatic heterocycles. The molecular formula is C44H76O3. The summed E-state index contributed by atoms with van der Waals surface area (Å²) in [6, 6.07) is 0. The first-order chi connectivity index (χ1) is 22.2. The molecule has 3 heteroatoms. The molecule has 0 aromatic heterocycles. The van der Waals surface area contributed by atoms with Crippen LogP contribution in [0.4, 0.5) is 0 Å². The Bertz CT molecular complexity index is 1090. The van der Waals surface area contributed by atoms with Gasteiger partial charge in [-0.15, -0.1) is 0 Å². The average Bonchev–Trinajstić information content (AvgIpc) is 3.37. The van der Waals surface area contributed by atoms with Crippen molar-refractivity contribution in [3.63, 3.8) is 0 Å². The highest BCUT2D eigenvalue weighted by Gasteiger charge is 2.72. The number of aliphatic hydroxyl groups is 1. The molecule has 5 aliphatic carbocycles. The number of unbranched alkanes of at least 4 members (excludes halogenated alkanes) is 10. The van der Waals surface area contributed by atoms with Gasteiger partial charge in [-0.1, -0.05) is 125 Å². The van der Waals surface area contributed by atoms with Gasteiger partial charge in [-0.05, 0) is 122 Å². The summed E-state index contributed by atoms with van der Waals surface area (Å²) in [5.41, 5.74) is 1.98. The number of esters is 1. The molecule has 1 N–H and O–H groups in total. The zero-order valence-electron chi connectivity index (χ0n) is 32.4. The third kappa shape index (κ3) is 6.57. The fourth-order valence-electron chi connectivity index (χ4n) is 13.9. The molecule has 0 heterocycles. The molecule has 5 saturated carbocycles. The molecule has 0 amide bonds. The molecule has 0 radical (unpaired) electrons. The van der Waals surface area contributed by atoms with Crippen LogP contribution in [0.1, 0.15) is 190 Å².